The fraction of sp³-hybridized carbons (Fsp3) is 0.471. The van der Waals surface area contributed by atoms with Crippen LogP contribution in [-0.4, -0.2) is 30.0 Å². The van der Waals surface area contributed by atoms with Crippen molar-refractivity contribution in [3.63, 3.8) is 0 Å². The first-order chi connectivity index (χ1) is 10.3. The van der Waals surface area contributed by atoms with Gasteiger partial charge in [-0.2, -0.15) is 0 Å². The summed E-state index contributed by atoms with van der Waals surface area (Å²) >= 11 is 0. The number of halogens is 1. The standard InChI is InChI=1S/C17H23N3O.ClH/c21-17(11-14-6-4-9-18-14)19-10-3-5-13-12-20-16-8-2-1-7-15(13)16;/h1-2,7-8,12,14,18,20H,3-6,9-11H2,(H,19,21);1H. The quantitative estimate of drug-likeness (QED) is 0.717. The van der Waals surface area contributed by atoms with Gasteiger partial charge in [0.2, 0.25) is 5.91 Å². The van der Waals surface area contributed by atoms with E-state index in [1.165, 1.54) is 22.9 Å². The summed E-state index contributed by atoms with van der Waals surface area (Å²) in [5.74, 6) is 0.174. The van der Waals surface area contributed by atoms with Gasteiger partial charge in [-0.1, -0.05) is 18.2 Å². The Hall–Kier alpha value is -1.52. The number of para-hydroxylation sites is 1. The maximum absolute atomic E-state index is 11.8. The first-order valence-electron chi connectivity index (χ1n) is 7.88. The lowest BCUT2D eigenvalue weighted by atomic mass is 10.1. The summed E-state index contributed by atoms with van der Waals surface area (Å²) < 4.78 is 0. The minimum atomic E-state index is 0. The fourth-order valence-corrected chi connectivity index (χ4v) is 3.07. The largest absolute Gasteiger partial charge is 0.361 e. The van der Waals surface area contributed by atoms with E-state index in [9.17, 15) is 4.79 Å². The molecule has 2 aromatic rings. The van der Waals surface area contributed by atoms with Crippen LogP contribution >= 0.6 is 12.4 Å². The van der Waals surface area contributed by atoms with E-state index in [0.29, 0.717) is 12.5 Å². The third-order valence-electron chi connectivity index (χ3n) is 4.21. The molecule has 0 saturated carbocycles. The van der Waals surface area contributed by atoms with Crippen LogP contribution in [0.25, 0.3) is 10.9 Å². The summed E-state index contributed by atoms with van der Waals surface area (Å²) in [4.78, 5) is 15.1. The smallest absolute Gasteiger partial charge is 0.221 e. The second-order valence-corrected chi connectivity index (χ2v) is 5.81. The highest BCUT2D eigenvalue weighted by Gasteiger charge is 2.17. The number of aromatic amines is 1. The highest BCUT2D eigenvalue weighted by molar-refractivity contribution is 5.85. The molecule has 2 heterocycles. The maximum Gasteiger partial charge on any atom is 0.221 e. The molecule has 1 saturated heterocycles. The summed E-state index contributed by atoms with van der Waals surface area (Å²) in [5, 5.41) is 7.68. The zero-order valence-electron chi connectivity index (χ0n) is 12.7. The highest BCUT2D eigenvalue weighted by atomic mass is 35.5. The van der Waals surface area contributed by atoms with Crippen molar-refractivity contribution in [1.29, 1.82) is 0 Å². The van der Waals surface area contributed by atoms with E-state index >= 15 is 0 Å². The minimum Gasteiger partial charge on any atom is -0.361 e. The van der Waals surface area contributed by atoms with Gasteiger partial charge in [0.15, 0.2) is 0 Å². The molecule has 22 heavy (non-hydrogen) atoms. The van der Waals surface area contributed by atoms with Gasteiger partial charge in [-0.05, 0) is 43.9 Å². The maximum atomic E-state index is 11.8. The molecule has 3 N–H and O–H groups in total. The third kappa shape index (κ3) is 4.24. The van der Waals surface area contributed by atoms with E-state index in [2.05, 4.69) is 40.0 Å². The normalized spacial score (nSPS) is 17.4. The van der Waals surface area contributed by atoms with E-state index in [1.807, 2.05) is 6.07 Å². The Balaban J connectivity index is 0.00000176. The van der Waals surface area contributed by atoms with Crippen molar-refractivity contribution in [2.75, 3.05) is 13.1 Å². The lowest BCUT2D eigenvalue weighted by Crippen LogP contribution is -2.32. The number of fused-ring (bicyclic) bond motifs is 1. The van der Waals surface area contributed by atoms with Crippen LogP contribution in [0.15, 0.2) is 30.5 Å². The summed E-state index contributed by atoms with van der Waals surface area (Å²) in [6, 6.07) is 8.73. The summed E-state index contributed by atoms with van der Waals surface area (Å²) in [5.41, 5.74) is 2.51. The molecule has 1 fully saturated rings. The average molecular weight is 322 g/mol. The Bertz CT molecular complexity index is 605. The van der Waals surface area contributed by atoms with Crippen LogP contribution < -0.4 is 10.6 Å². The van der Waals surface area contributed by atoms with Crippen molar-refractivity contribution in [1.82, 2.24) is 15.6 Å². The zero-order valence-corrected chi connectivity index (χ0v) is 13.5. The molecular formula is C17H24ClN3O. The van der Waals surface area contributed by atoms with Crippen molar-refractivity contribution >= 4 is 29.2 Å². The number of amides is 1. The number of rotatable bonds is 6. The highest BCUT2D eigenvalue weighted by Crippen LogP contribution is 2.18. The molecule has 4 nitrogen and oxygen atoms in total. The predicted octanol–water partition coefficient (Wildman–Crippen LogP) is 2.78. The van der Waals surface area contributed by atoms with E-state index < -0.39 is 0 Å². The molecule has 0 aliphatic carbocycles. The molecule has 120 valence electrons. The van der Waals surface area contributed by atoms with Crippen LogP contribution in [0.3, 0.4) is 0 Å². The second kappa shape index (κ2) is 8.20. The van der Waals surface area contributed by atoms with Crippen LogP contribution in [0.1, 0.15) is 31.2 Å². The molecule has 1 aliphatic rings. The molecule has 0 spiro atoms. The number of benzene rings is 1. The monoisotopic (exact) mass is 321 g/mol. The number of carbonyl (C=O) groups is 1. The molecule has 1 amide bonds. The van der Waals surface area contributed by atoms with Gasteiger partial charge in [-0.3, -0.25) is 4.79 Å². The van der Waals surface area contributed by atoms with Crippen LogP contribution in [-0.2, 0) is 11.2 Å². The second-order valence-electron chi connectivity index (χ2n) is 5.81. The molecule has 1 atom stereocenters. The number of aryl methyl sites for hydroxylation is 1. The van der Waals surface area contributed by atoms with E-state index in [-0.39, 0.29) is 18.3 Å². The molecule has 1 aromatic heterocycles. The molecule has 0 bridgehead atoms. The fourth-order valence-electron chi connectivity index (χ4n) is 3.07. The summed E-state index contributed by atoms with van der Waals surface area (Å²) in [6.45, 7) is 1.81. The van der Waals surface area contributed by atoms with Gasteiger partial charge in [-0.15, -0.1) is 12.4 Å². The molecule has 1 aliphatic heterocycles. The molecule has 3 rings (SSSR count). The average Bonchev–Trinajstić information content (AvgIpc) is 3.13. The van der Waals surface area contributed by atoms with Crippen LogP contribution in [0.2, 0.25) is 0 Å². The van der Waals surface area contributed by atoms with Gasteiger partial charge in [0.05, 0.1) is 0 Å². The van der Waals surface area contributed by atoms with Crippen molar-refractivity contribution in [2.24, 2.45) is 0 Å². The van der Waals surface area contributed by atoms with Gasteiger partial charge in [-0.25, -0.2) is 0 Å². The number of hydrogen-bond donors (Lipinski definition) is 3. The van der Waals surface area contributed by atoms with Crippen molar-refractivity contribution in [3.8, 4) is 0 Å². The van der Waals surface area contributed by atoms with E-state index in [0.717, 1.165) is 32.4 Å². The van der Waals surface area contributed by atoms with Crippen LogP contribution in [0, 0.1) is 0 Å². The Morgan fingerprint density at radius 1 is 1.32 bits per heavy atom. The van der Waals surface area contributed by atoms with Gasteiger partial charge in [0.1, 0.15) is 0 Å². The summed E-state index contributed by atoms with van der Waals surface area (Å²) in [7, 11) is 0. The van der Waals surface area contributed by atoms with Crippen molar-refractivity contribution < 1.29 is 4.79 Å². The molecule has 1 unspecified atom stereocenters. The topological polar surface area (TPSA) is 56.9 Å². The first-order valence-corrected chi connectivity index (χ1v) is 7.88. The molecular weight excluding hydrogens is 298 g/mol. The number of aromatic nitrogens is 1. The Morgan fingerprint density at radius 2 is 2.18 bits per heavy atom. The Morgan fingerprint density at radius 3 is 3.00 bits per heavy atom. The number of hydrogen-bond acceptors (Lipinski definition) is 2. The predicted molar refractivity (Wildman–Crippen MR) is 92.5 cm³/mol. The lowest BCUT2D eigenvalue weighted by Gasteiger charge is -2.10. The molecule has 5 heteroatoms. The van der Waals surface area contributed by atoms with Crippen LogP contribution in [0.5, 0.6) is 0 Å². The van der Waals surface area contributed by atoms with Gasteiger partial charge >= 0.3 is 0 Å². The van der Waals surface area contributed by atoms with Gasteiger partial charge in [0, 0.05) is 36.1 Å². The molecule has 0 radical (unpaired) electrons. The number of nitrogens with one attached hydrogen (secondary N) is 3. The van der Waals surface area contributed by atoms with Crippen molar-refractivity contribution in [2.45, 2.75) is 38.1 Å². The minimum absolute atomic E-state index is 0. The number of carbonyl (C=O) groups excluding carboxylic acids is 1. The lowest BCUT2D eigenvalue weighted by molar-refractivity contribution is -0.121. The van der Waals surface area contributed by atoms with Crippen molar-refractivity contribution in [3.05, 3.63) is 36.0 Å². The third-order valence-corrected chi connectivity index (χ3v) is 4.21. The van der Waals surface area contributed by atoms with Gasteiger partial charge < -0.3 is 15.6 Å². The Labute approximate surface area is 137 Å². The summed E-state index contributed by atoms with van der Waals surface area (Å²) in [6.07, 6.45) is 6.99. The zero-order chi connectivity index (χ0) is 14.5. The van der Waals surface area contributed by atoms with E-state index in [4.69, 9.17) is 0 Å². The first kappa shape index (κ1) is 16.8. The number of H-pyrrole nitrogens is 1. The SMILES string of the molecule is Cl.O=C(CC1CCCN1)NCCCc1c[nH]c2ccccc12. The van der Waals surface area contributed by atoms with Crippen LogP contribution in [0.4, 0.5) is 0 Å². The Kier molecular flexibility index (Phi) is 6.28. The van der Waals surface area contributed by atoms with E-state index in [1.54, 1.807) is 0 Å². The molecule has 1 aromatic carbocycles. The van der Waals surface area contributed by atoms with Gasteiger partial charge in [0.25, 0.3) is 0 Å².